The second-order valence-corrected chi connectivity index (χ2v) is 9.54. The quantitative estimate of drug-likeness (QED) is 0.321. The topological polar surface area (TPSA) is 61.0 Å². The summed E-state index contributed by atoms with van der Waals surface area (Å²) in [6.45, 7) is 2.90. The van der Waals surface area contributed by atoms with E-state index in [2.05, 4.69) is 65.4 Å². The van der Waals surface area contributed by atoms with Gasteiger partial charge >= 0.3 is 0 Å². The predicted molar refractivity (Wildman–Crippen MR) is 137 cm³/mol. The van der Waals surface area contributed by atoms with Crippen molar-refractivity contribution in [2.24, 2.45) is 5.92 Å². The molecular formula is C29H33N3O. The number of hydrogen-bond acceptors (Lipinski definition) is 4. The highest BCUT2D eigenvalue weighted by atomic mass is 16.5. The van der Waals surface area contributed by atoms with Crippen molar-refractivity contribution < 1.29 is 4.74 Å². The third kappa shape index (κ3) is 5.11. The van der Waals surface area contributed by atoms with E-state index in [-0.39, 0.29) is 0 Å². The number of nitrogen functional groups attached to an aromatic ring is 1. The van der Waals surface area contributed by atoms with E-state index >= 15 is 0 Å². The molecule has 2 N–H and O–H groups in total. The number of hydrogen-bond donors (Lipinski definition) is 1. The molecular weight excluding hydrogens is 406 g/mol. The molecule has 5 rings (SSSR count). The third-order valence-corrected chi connectivity index (χ3v) is 7.02. The van der Waals surface area contributed by atoms with E-state index in [4.69, 9.17) is 10.5 Å². The molecule has 0 bridgehead atoms. The van der Waals surface area contributed by atoms with Gasteiger partial charge in [0.2, 0.25) is 0 Å². The first-order chi connectivity index (χ1) is 16.2. The van der Waals surface area contributed by atoms with Crippen LogP contribution in [0, 0.1) is 12.8 Å². The summed E-state index contributed by atoms with van der Waals surface area (Å²) in [5.41, 5.74) is 11.6. The van der Waals surface area contributed by atoms with Gasteiger partial charge < -0.3 is 10.5 Å². The average molecular weight is 440 g/mol. The van der Waals surface area contributed by atoms with Gasteiger partial charge in [-0.2, -0.15) is 0 Å². The zero-order valence-corrected chi connectivity index (χ0v) is 19.5. The van der Waals surface area contributed by atoms with Gasteiger partial charge in [0.15, 0.2) is 5.82 Å². The number of anilines is 1. The van der Waals surface area contributed by atoms with Gasteiger partial charge in [0.1, 0.15) is 11.3 Å². The molecule has 1 saturated carbocycles. The maximum atomic E-state index is 6.19. The fraction of sp³-hybridized carbons (Fsp3) is 0.379. The van der Waals surface area contributed by atoms with Crippen LogP contribution in [-0.2, 0) is 12.8 Å². The van der Waals surface area contributed by atoms with Gasteiger partial charge in [-0.25, -0.2) is 4.98 Å². The Morgan fingerprint density at radius 2 is 1.70 bits per heavy atom. The Kier molecular flexibility index (Phi) is 6.43. The average Bonchev–Trinajstić information content (AvgIpc) is 2.84. The molecule has 170 valence electrons. The number of pyridine rings is 2. The summed E-state index contributed by atoms with van der Waals surface area (Å²) in [5.74, 6) is 2.33. The second-order valence-electron chi connectivity index (χ2n) is 9.54. The summed E-state index contributed by atoms with van der Waals surface area (Å²) < 4.78 is 6.01. The molecule has 33 heavy (non-hydrogen) atoms. The van der Waals surface area contributed by atoms with E-state index in [1.807, 2.05) is 6.20 Å². The van der Waals surface area contributed by atoms with E-state index in [1.54, 1.807) is 0 Å². The highest BCUT2D eigenvalue weighted by Crippen LogP contribution is 2.29. The highest BCUT2D eigenvalue weighted by Gasteiger charge is 2.13. The van der Waals surface area contributed by atoms with Gasteiger partial charge in [-0.15, -0.1) is 0 Å². The Bertz CT molecular complexity index is 1240. The third-order valence-electron chi connectivity index (χ3n) is 7.02. The number of ether oxygens (including phenoxy) is 1. The van der Waals surface area contributed by atoms with Crippen molar-refractivity contribution in [3.63, 3.8) is 0 Å². The molecule has 1 aliphatic carbocycles. The summed E-state index contributed by atoms with van der Waals surface area (Å²) in [6.07, 6.45) is 12.0. The highest BCUT2D eigenvalue weighted by molar-refractivity contribution is 6.08. The number of benzene rings is 2. The van der Waals surface area contributed by atoms with Crippen LogP contribution in [0.2, 0.25) is 0 Å². The smallest absolute Gasteiger partial charge is 0.150 e. The lowest BCUT2D eigenvalue weighted by atomic mass is 9.87. The van der Waals surface area contributed by atoms with Crippen LogP contribution in [0.4, 0.5) is 5.82 Å². The Morgan fingerprint density at radius 1 is 0.909 bits per heavy atom. The van der Waals surface area contributed by atoms with E-state index in [9.17, 15) is 0 Å². The second kappa shape index (κ2) is 9.78. The van der Waals surface area contributed by atoms with Crippen LogP contribution < -0.4 is 10.5 Å². The number of rotatable bonds is 7. The standard InChI is InChI=1S/C29H33N3O/c1-20-7-14-25-26-18-23(19-31-28(26)29(30)32-27(25)17-20)9-8-22-10-12-24(13-11-22)33-16-15-21-5-3-2-4-6-21/h7,10-14,17-19,21H,2-6,8-9,15-16H2,1H3,(H2,30,32). The minimum atomic E-state index is 0.494. The summed E-state index contributed by atoms with van der Waals surface area (Å²) in [4.78, 5) is 9.19. The maximum Gasteiger partial charge on any atom is 0.150 e. The van der Waals surface area contributed by atoms with E-state index in [0.717, 1.165) is 52.9 Å². The van der Waals surface area contributed by atoms with Crippen LogP contribution in [-0.4, -0.2) is 16.6 Å². The number of nitrogens with two attached hydrogens (primary N) is 1. The zero-order chi connectivity index (χ0) is 22.6. The predicted octanol–water partition coefficient (Wildman–Crippen LogP) is 6.81. The lowest BCUT2D eigenvalue weighted by Crippen LogP contribution is -2.10. The van der Waals surface area contributed by atoms with Gasteiger partial charge in [-0.3, -0.25) is 4.98 Å². The Balaban J connectivity index is 1.22. The molecule has 2 aromatic heterocycles. The maximum absolute atomic E-state index is 6.19. The molecule has 0 unspecified atom stereocenters. The molecule has 2 aromatic carbocycles. The van der Waals surface area contributed by atoms with Gasteiger partial charge in [-0.05, 0) is 73.1 Å². The van der Waals surface area contributed by atoms with Crippen LogP contribution in [0.3, 0.4) is 0 Å². The molecule has 4 heteroatoms. The van der Waals surface area contributed by atoms with Crippen molar-refractivity contribution in [2.45, 2.75) is 58.3 Å². The SMILES string of the molecule is Cc1ccc2c(c1)nc(N)c1ncc(CCc3ccc(OCCC4CCCCC4)cc3)cc12. The first-order valence-corrected chi connectivity index (χ1v) is 12.3. The molecule has 0 atom stereocenters. The van der Waals surface area contributed by atoms with Crippen molar-refractivity contribution in [3.05, 3.63) is 71.4 Å². The molecule has 0 saturated heterocycles. The molecule has 1 aliphatic rings. The Labute approximate surface area is 196 Å². The minimum Gasteiger partial charge on any atom is -0.494 e. The van der Waals surface area contributed by atoms with Crippen LogP contribution in [0.15, 0.2) is 54.7 Å². The molecule has 0 radical (unpaired) electrons. The van der Waals surface area contributed by atoms with E-state index in [0.29, 0.717) is 5.82 Å². The summed E-state index contributed by atoms with van der Waals surface area (Å²) in [7, 11) is 0. The number of fused-ring (bicyclic) bond motifs is 3. The first-order valence-electron chi connectivity index (χ1n) is 12.3. The first kappa shape index (κ1) is 21.7. The van der Waals surface area contributed by atoms with Crippen molar-refractivity contribution in [1.82, 2.24) is 9.97 Å². The van der Waals surface area contributed by atoms with Crippen LogP contribution in [0.1, 0.15) is 55.2 Å². The van der Waals surface area contributed by atoms with Crippen LogP contribution in [0.25, 0.3) is 21.8 Å². The van der Waals surface area contributed by atoms with E-state index in [1.165, 1.54) is 55.2 Å². The number of aromatic nitrogens is 2. The monoisotopic (exact) mass is 439 g/mol. The number of aryl methyl sites for hydroxylation is 3. The van der Waals surface area contributed by atoms with Crippen LogP contribution in [0.5, 0.6) is 5.75 Å². The summed E-state index contributed by atoms with van der Waals surface area (Å²) in [6, 6.07) is 17.1. The summed E-state index contributed by atoms with van der Waals surface area (Å²) >= 11 is 0. The van der Waals surface area contributed by atoms with Gasteiger partial charge in [0.25, 0.3) is 0 Å². The Hall–Kier alpha value is -3.14. The normalized spacial score (nSPS) is 14.7. The lowest BCUT2D eigenvalue weighted by Gasteiger charge is -2.21. The van der Waals surface area contributed by atoms with Crippen molar-refractivity contribution in [3.8, 4) is 5.75 Å². The van der Waals surface area contributed by atoms with Gasteiger partial charge in [-0.1, -0.05) is 56.4 Å². The van der Waals surface area contributed by atoms with Crippen molar-refractivity contribution in [2.75, 3.05) is 12.3 Å². The van der Waals surface area contributed by atoms with Crippen molar-refractivity contribution >= 4 is 27.6 Å². The molecule has 4 nitrogen and oxygen atoms in total. The fourth-order valence-corrected chi connectivity index (χ4v) is 5.06. The molecule has 4 aromatic rings. The van der Waals surface area contributed by atoms with Gasteiger partial charge in [0.05, 0.1) is 12.1 Å². The molecule has 2 heterocycles. The lowest BCUT2D eigenvalue weighted by molar-refractivity contribution is 0.246. The molecule has 0 spiro atoms. The van der Waals surface area contributed by atoms with Crippen molar-refractivity contribution in [1.29, 1.82) is 0 Å². The Morgan fingerprint density at radius 3 is 2.52 bits per heavy atom. The van der Waals surface area contributed by atoms with Crippen LogP contribution >= 0.6 is 0 Å². The molecule has 0 amide bonds. The fourth-order valence-electron chi connectivity index (χ4n) is 5.06. The minimum absolute atomic E-state index is 0.494. The van der Waals surface area contributed by atoms with Gasteiger partial charge in [0, 0.05) is 17.0 Å². The molecule has 1 fully saturated rings. The molecule has 0 aliphatic heterocycles. The largest absolute Gasteiger partial charge is 0.494 e. The summed E-state index contributed by atoms with van der Waals surface area (Å²) in [5, 5.41) is 2.19. The zero-order valence-electron chi connectivity index (χ0n) is 19.5. The number of nitrogens with zero attached hydrogens (tertiary/aromatic N) is 2. The van der Waals surface area contributed by atoms with E-state index < -0.39 is 0 Å².